The minimum atomic E-state index is -0.943. The quantitative estimate of drug-likeness (QED) is 0.384. The van der Waals surface area contributed by atoms with Crippen molar-refractivity contribution in [2.24, 2.45) is 0 Å². The number of alkyl halides is 1. The first-order valence-corrected chi connectivity index (χ1v) is 14.1. The molecule has 0 amide bonds. The summed E-state index contributed by atoms with van der Waals surface area (Å²) in [6.45, 7) is 10.7. The predicted octanol–water partition coefficient (Wildman–Crippen LogP) is 6.17. The number of ether oxygens (including phenoxy) is 1. The van der Waals surface area contributed by atoms with Crippen molar-refractivity contribution in [2.75, 3.05) is 39.8 Å². The molecule has 6 nitrogen and oxygen atoms in total. The van der Waals surface area contributed by atoms with E-state index in [1.165, 1.54) is 5.56 Å². The maximum absolute atomic E-state index is 15.6. The van der Waals surface area contributed by atoms with Gasteiger partial charge in [0.25, 0.3) is 0 Å². The number of likely N-dealkylation sites (N-methyl/N-ethyl adjacent to an activating group) is 1. The van der Waals surface area contributed by atoms with E-state index < -0.39 is 12.1 Å². The van der Waals surface area contributed by atoms with E-state index in [-0.39, 0.29) is 11.5 Å². The molecule has 1 saturated carbocycles. The van der Waals surface area contributed by atoms with Crippen LogP contribution >= 0.6 is 0 Å². The summed E-state index contributed by atoms with van der Waals surface area (Å²) in [7, 11) is 1.69. The molecule has 2 aliphatic rings. The zero-order valence-electron chi connectivity index (χ0n) is 22.9. The van der Waals surface area contributed by atoms with E-state index in [2.05, 4.69) is 40.3 Å². The summed E-state index contributed by atoms with van der Waals surface area (Å²) < 4.78 is 23.4. The lowest BCUT2D eigenvalue weighted by molar-refractivity contribution is 0.0697. The van der Waals surface area contributed by atoms with Gasteiger partial charge in [-0.1, -0.05) is 32.8 Å². The van der Waals surface area contributed by atoms with Gasteiger partial charge in [0.2, 0.25) is 0 Å². The van der Waals surface area contributed by atoms with Crippen molar-refractivity contribution in [3.63, 3.8) is 0 Å². The molecule has 1 aromatic heterocycles. The highest BCUT2D eigenvalue weighted by molar-refractivity contribution is 5.98. The number of carbonyl (C=O) groups is 1. The van der Waals surface area contributed by atoms with Gasteiger partial charge in [-0.25, -0.2) is 9.18 Å². The predicted molar refractivity (Wildman–Crippen MR) is 150 cm³/mol. The maximum Gasteiger partial charge on any atom is 0.335 e. The van der Waals surface area contributed by atoms with Gasteiger partial charge in [0.15, 0.2) is 0 Å². The molecule has 0 radical (unpaired) electrons. The third-order valence-electron chi connectivity index (χ3n) is 8.63. The third-order valence-corrected chi connectivity index (χ3v) is 8.63. The third kappa shape index (κ3) is 5.06. The first-order chi connectivity index (χ1) is 18.4. The average molecular weight is 522 g/mol. The smallest absolute Gasteiger partial charge is 0.335 e. The summed E-state index contributed by atoms with van der Waals surface area (Å²) >= 11 is 0. The summed E-state index contributed by atoms with van der Waals surface area (Å²) in [6.07, 6.45) is 2.44. The molecule has 3 aromatic rings. The lowest BCUT2D eigenvalue weighted by atomic mass is 9.80. The number of hydrogen-bond donors (Lipinski definition) is 1. The zero-order chi connectivity index (χ0) is 26.8. The van der Waals surface area contributed by atoms with Gasteiger partial charge in [0.1, 0.15) is 11.9 Å². The molecule has 0 spiro atoms. The molecule has 5 rings (SSSR count). The molecule has 0 unspecified atom stereocenters. The van der Waals surface area contributed by atoms with E-state index in [9.17, 15) is 9.90 Å². The lowest BCUT2D eigenvalue weighted by Gasteiger charge is -2.32. The van der Waals surface area contributed by atoms with Gasteiger partial charge in [-0.05, 0) is 67.4 Å². The fraction of sp³-hybridized carbons (Fsp3) is 0.516. The van der Waals surface area contributed by atoms with Gasteiger partial charge in [-0.15, -0.1) is 0 Å². The average Bonchev–Trinajstić information content (AvgIpc) is 3.23. The van der Waals surface area contributed by atoms with Gasteiger partial charge in [0, 0.05) is 55.1 Å². The van der Waals surface area contributed by atoms with Crippen molar-refractivity contribution in [3.05, 3.63) is 53.1 Å². The number of carboxylic acids is 1. The topological polar surface area (TPSA) is 57.9 Å². The highest BCUT2D eigenvalue weighted by Gasteiger charge is 2.34. The summed E-state index contributed by atoms with van der Waals surface area (Å²) in [5, 5.41) is 10.8. The van der Waals surface area contributed by atoms with Crippen molar-refractivity contribution in [3.8, 4) is 17.0 Å². The highest BCUT2D eigenvalue weighted by Crippen LogP contribution is 2.47. The Morgan fingerprint density at radius 2 is 1.89 bits per heavy atom. The summed E-state index contributed by atoms with van der Waals surface area (Å²) in [5.41, 5.74) is 5.52. The molecule has 2 aromatic carbocycles. The van der Waals surface area contributed by atoms with E-state index in [0.29, 0.717) is 6.42 Å². The monoisotopic (exact) mass is 521 g/mol. The molecule has 0 saturated heterocycles. The number of methoxy groups -OCH3 is 1. The number of nitrogens with zero attached hydrogens (tertiary/aromatic N) is 3. The van der Waals surface area contributed by atoms with Crippen LogP contribution in [0, 0.1) is 0 Å². The second-order valence-corrected chi connectivity index (χ2v) is 10.7. The number of halogens is 1. The molecule has 1 aliphatic carbocycles. The number of aromatic nitrogens is 1. The SMILES string of the molecule is CCN(CC)CCN1CCn2c(c([C@@H]3CCCC[C@H]3F)c3ccc(C(=O)O)cc32)-c2ccc(OC)cc2C1. The second kappa shape index (κ2) is 11.5. The molecule has 1 aliphatic heterocycles. The van der Waals surface area contributed by atoms with Gasteiger partial charge in [-0.3, -0.25) is 4.90 Å². The fourth-order valence-electron chi connectivity index (χ4n) is 6.45. The Morgan fingerprint density at radius 1 is 1.11 bits per heavy atom. The van der Waals surface area contributed by atoms with E-state index in [0.717, 1.165) is 98.5 Å². The van der Waals surface area contributed by atoms with Crippen molar-refractivity contribution in [1.82, 2.24) is 14.4 Å². The molecule has 0 bridgehead atoms. The van der Waals surface area contributed by atoms with Gasteiger partial charge >= 0.3 is 5.97 Å². The Hall–Kier alpha value is -2.90. The molecule has 38 heavy (non-hydrogen) atoms. The van der Waals surface area contributed by atoms with Crippen LogP contribution in [0.3, 0.4) is 0 Å². The Bertz CT molecular complexity index is 1300. The van der Waals surface area contributed by atoms with Gasteiger partial charge in [-0.2, -0.15) is 0 Å². The zero-order valence-corrected chi connectivity index (χ0v) is 22.9. The van der Waals surface area contributed by atoms with Gasteiger partial charge < -0.3 is 19.3 Å². The van der Waals surface area contributed by atoms with Gasteiger partial charge in [0.05, 0.1) is 18.4 Å². The molecule has 2 heterocycles. The summed E-state index contributed by atoms with van der Waals surface area (Å²) in [6, 6.07) is 11.6. The molecule has 7 heteroatoms. The van der Waals surface area contributed by atoms with Crippen LogP contribution in [0.1, 0.15) is 66.9 Å². The van der Waals surface area contributed by atoms with Crippen molar-refractivity contribution >= 4 is 16.9 Å². The van der Waals surface area contributed by atoms with E-state index in [1.807, 2.05) is 12.1 Å². The lowest BCUT2D eigenvalue weighted by Crippen LogP contribution is -2.37. The molecular formula is C31H40FN3O3. The van der Waals surface area contributed by atoms with Crippen LogP contribution in [0.5, 0.6) is 5.75 Å². The summed E-state index contributed by atoms with van der Waals surface area (Å²) in [5.74, 6) is -0.320. The normalized spacial score (nSPS) is 20.1. The van der Waals surface area contributed by atoms with Crippen molar-refractivity contribution in [2.45, 2.75) is 64.7 Å². The Balaban J connectivity index is 1.70. The van der Waals surface area contributed by atoms with E-state index in [1.54, 1.807) is 19.2 Å². The first-order valence-electron chi connectivity index (χ1n) is 14.1. The molecule has 204 valence electrons. The Kier molecular flexibility index (Phi) is 8.05. The summed E-state index contributed by atoms with van der Waals surface area (Å²) in [4.78, 5) is 16.8. The number of hydrogen-bond acceptors (Lipinski definition) is 4. The van der Waals surface area contributed by atoms with Crippen molar-refractivity contribution in [1.29, 1.82) is 0 Å². The maximum atomic E-state index is 15.6. The minimum Gasteiger partial charge on any atom is -0.497 e. The van der Waals surface area contributed by atoms with Crippen LogP contribution in [0.15, 0.2) is 36.4 Å². The van der Waals surface area contributed by atoms with Crippen LogP contribution < -0.4 is 4.74 Å². The van der Waals surface area contributed by atoms with Crippen LogP contribution in [-0.2, 0) is 13.1 Å². The van der Waals surface area contributed by atoms with E-state index >= 15 is 4.39 Å². The van der Waals surface area contributed by atoms with E-state index in [4.69, 9.17) is 4.74 Å². The molecule has 1 N–H and O–H groups in total. The van der Waals surface area contributed by atoms with Crippen LogP contribution in [0.25, 0.3) is 22.2 Å². The molecule has 1 fully saturated rings. The molecule has 2 atom stereocenters. The molecular weight excluding hydrogens is 481 g/mol. The number of carboxylic acid groups (broad SMARTS) is 1. The standard InChI is InChI=1S/C31H40FN3O3/c1-4-33(5-2)14-15-34-16-17-35-28-19-21(31(36)37)10-12-26(28)29(25-8-6-7-9-27(25)32)30(35)24-13-11-23(38-3)18-22(24)20-34/h10-13,18-19,25,27H,4-9,14-17,20H2,1-3H3,(H,36,37)/t25-,27-/m1/s1. The Labute approximate surface area is 225 Å². The number of aromatic carboxylic acids is 1. The van der Waals surface area contributed by atoms with Crippen LogP contribution in [-0.4, -0.2) is 71.4 Å². The largest absolute Gasteiger partial charge is 0.497 e. The second-order valence-electron chi connectivity index (χ2n) is 10.7. The Morgan fingerprint density at radius 3 is 2.61 bits per heavy atom. The van der Waals surface area contributed by atoms with Crippen molar-refractivity contribution < 1.29 is 19.0 Å². The minimum absolute atomic E-state index is 0.189. The van der Waals surface area contributed by atoms with Crippen LogP contribution in [0.2, 0.25) is 0 Å². The number of rotatable bonds is 8. The fourth-order valence-corrected chi connectivity index (χ4v) is 6.45. The number of benzene rings is 2. The number of fused-ring (bicyclic) bond motifs is 5. The highest BCUT2D eigenvalue weighted by atomic mass is 19.1. The van der Waals surface area contributed by atoms with Crippen LogP contribution in [0.4, 0.5) is 4.39 Å². The first kappa shape index (κ1) is 26.7.